The Bertz CT molecular complexity index is 1400. The zero-order valence-corrected chi connectivity index (χ0v) is 18.4. The molecule has 2 aromatic heterocycles. The number of anilines is 2. The Balaban J connectivity index is 1.50. The summed E-state index contributed by atoms with van der Waals surface area (Å²) >= 11 is 2.60. The third-order valence-electron chi connectivity index (χ3n) is 4.90. The van der Waals surface area contributed by atoms with Crippen molar-refractivity contribution in [1.29, 1.82) is 0 Å². The minimum atomic E-state index is -0.223. The van der Waals surface area contributed by atoms with E-state index in [4.69, 9.17) is 0 Å². The number of thiazole rings is 1. The number of carbonyl (C=O) groups is 2. The maximum absolute atomic E-state index is 13.2. The average molecular weight is 456 g/mol. The zero-order valence-electron chi connectivity index (χ0n) is 16.7. The number of amides is 2. The van der Waals surface area contributed by atoms with Gasteiger partial charge in [0, 0.05) is 11.1 Å². The van der Waals surface area contributed by atoms with Crippen LogP contribution in [0.2, 0.25) is 0 Å². The third kappa shape index (κ3) is 4.03. The first kappa shape index (κ1) is 20.1. The summed E-state index contributed by atoms with van der Waals surface area (Å²) < 4.78 is 0. The van der Waals surface area contributed by atoms with Crippen LogP contribution in [0.25, 0.3) is 22.0 Å². The van der Waals surface area contributed by atoms with Crippen LogP contribution in [0.5, 0.6) is 0 Å². The van der Waals surface area contributed by atoms with Gasteiger partial charge in [0.25, 0.3) is 11.8 Å². The summed E-state index contributed by atoms with van der Waals surface area (Å²) in [6, 6.07) is 26.6. The van der Waals surface area contributed by atoms with Crippen LogP contribution >= 0.6 is 22.7 Å². The molecule has 5 rings (SSSR count). The van der Waals surface area contributed by atoms with E-state index in [9.17, 15) is 9.59 Å². The molecule has 3 aromatic carbocycles. The molecular formula is C25H17N3O2S2. The zero-order chi connectivity index (χ0) is 21.9. The summed E-state index contributed by atoms with van der Waals surface area (Å²) in [6.07, 6.45) is 0. The molecule has 0 aliphatic heterocycles. The maximum Gasteiger partial charge on any atom is 0.267 e. The Morgan fingerprint density at radius 3 is 2.34 bits per heavy atom. The van der Waals surface area contributed by atoms with E-state index in [2.05, 4.69) is 15.6 Å². The van der Waals surface area contributed by atoms with E-state index < -0.39 is 0 Å². The number of carbonyl (C=O) groups excluding carboxylic acids is 2. The van der Waals surface area contributed by atoms with Gasteiger partial charge in [-0.15, -0.1) is 11.3 Å². The van der Waals surface area contributed by atoms with Gasteiger partial charge < -0.3 is 5.32 Å². The second kappa shape index (κ2) is 8.74. The molecule has 0 unspecified atom stereocenters. The molecule has 0 aliphatic carbocycles. The highest BCUT2D eigenvalue weighted by Gasteiger charge is 2.19. The first-order valence-corrected chi connectivity index (χ1v) is 11.6. The largest absolute Gasteiger partial charge is 0.312 e. The number of nitrogens with zero attached hydrogens (tertiary/aromatic N) is 1. The molecule has 0 fully saturated rings. The minimum Gasteiger partial charge on any atom is -0.312 e. The summed E-state index contributed by atoms with van der Waals surface area (Å²) in [6.45, 7) is 0. The van der Waals surface area contributed by atoms with E-state index in [0.29, 0.717) is 26.3 Å². The molecular weight excluding hydrogens is 438 g/mol. The summed E-state index contributed by atoms with van der Waals surface area (Å²) in [5.74, 6) is -0.445. The molecule has 0 saturated carbocycles. The minimum absolute atomic E-state index is 0.222. The fourth-order valence-corrected chi connectivity index (χ4v) is 4.91. The van der Waals surface area contributed by atoms with Crippen LogP contribution in [0.3, 0.4) is 0 Å². The molecule has 5 nitrogen and oxygen atoms in total. The summed E-state index contributed by atoms with van der Waals surface area (Å²) in [5, 5.41) is 10.6. The molecule has 0 spiro atoms. The third-order valence-corrected chi connectivity index (χ3v) is 6.66. The molecule has 0 aliphatic rings. The Morgan fingerprint density at radius 2 is 1.53 bits per heavy atom. The Hall–Kier alpha value is -3.81. The molecule has 5 aromatic rings. The molecule has 0 bridgehead atoms. The molecule has 2 amide bonds. The number of rotatable bonds is 5. The topological polar surface area (TPSA) is 71.1 Å². The highest BCUT2D eigenvalue weighted by atomic mass is 32.1. The van der Waals surface area contributed by atoms with Crippen molar-refractivity contribution in [2.75, 3.05) is 10.6 Å². The van der Waals surface area contributed by atoms with Crippen LogP contribution in [-0.4, -0.2) is 16.8 Å². The second-order valence-electron chi connectivity index (χ2n) is 6.98. The Labute approximate surface area is 192 Å². The molecule has 2 heterocycles. The van der Waals surface area contributed by atoms with Gasteiger partial charge in [0.15, 0.2) is 5.13 Å². The first-order valence-electron chi connectivity index (χ1n) is 9.89. The molecule has 0 atom stereocenters. The van der Waals surface area contributed by atoms with Crippen LogP contribution in [0, 0.1) is 0 Å². The van der Waals surface area contributed by atoms with Crippen LogP contribution in [0.15, 0.2) is 90.3 Å². The SMILES string of the molecule is O=C(Nc1nc(-c2ccccc2)c(NC(=O)c2cccc3ccccc23)s1)c1cccs1. The van der Waals surface area contributed by atoms with E-state index in [1.165, 1.54) is 22.7 Å². The van der Waals surface area contributed by atoms with Crippen molar-refractivity contribution in [3.05, 3.63) is 101 Å². The molecule has 0 saturated heterocycles. The lowest BCUT2D eigenvalue weighted by molar-refractivity contribution is 0.102. The van der Waals surface area contributed by atoms with Gasteiger partial charge in [-0.05, 0) is 28.3 Å². The van der Waals surface area contributed by atoms with Gasteiger partial charge in [0.05, 0.1) is 4.88 Å². The fraction of sp³-hybridized carbons (Fsp3) is 0. The molecule has 7 heteroatoms. The van der Waals surface area contributed by atoms with Crippen molar-refractivity contribution >= 4 is 55.4 Å². The quantitative estimate of drug-likeness (QED) is 0.316. The van der Waals surface area contributed by atoms with Gasteiger partial charge in [-0.25, -0.2) is 4.98 Å². The maximum atomic E-state index is 13.2. The van der Waals surface area contributed by atoms with Crippen LogP contribution in [0.1, 0.15) is 20.0 Å². The Kier molecular flexibility index (Phi) is 5.49. The lowest BCUT2D eigenvalue weighted by Crippen LogP contribution is -2.12. The molecule has 0 radical (unpaired) electrons. The van der Waals surface area contributed by atoms with Crippen LogP contribution < -0.4 is 10.6 Å². The van der Waals surface area contributed by atoms with E-state index in [-0.39, 0.29) is 11.8 Å². The molecule has 2 N–H and O–H groups in total. The van der Waals surface area contributed by atoms with E-state index in [1.54, 1.807) is 12.1 Å². The van der Waals surface area contributed by atoms with Crippen molar-refractivity contribution in [2.45, 2.75) is 0 Å². The second-order valence-corrected chi connectivity index (χ2v) is 8.92. The highest BCUT2D eigenvalue weighted by molar-refractivity contribution is 7.20. The fourth-order valence-electron chi connectivity index (χ4n) is 3.41. The van der Waals surface area contributed by atoms with Gasteiger partial charge >= 0.3 is 0 Å². The number of nitrogens with one attached hydrogen (secondary N) is 2. The van der Waals surface area contributed by atoms with Gasteiger partial charge in [0.1, 0.15) is 10.7 Å². The standard InChI is InChI=1S/C25H17N3O2S2/c29-22(19-13-6-11-16-8-4-5-12-18(16)19)27-24-21(17-9-2-1-3-10-17)26-25(32-24)28-23(30)20-14-7-15-31-20/h1-15H,(H,27,29)(H,26,28,30). The first-order chi connectivity index (χ1) is 15.7. The summed E-state index contributed by atoms with van der Waals surface area (Å²) in [7, 11) is 0. The molecule has 156 valence electrons. The normalized spacial score (nSPS) is 10.8. The van der Waals surface area contributed by atoms with Gasteiger partial charge in [-0.2, -0.15) is 0 Å². The van der Waals surface area contributed by atoms with Crippen LogP contribution in [0.4, 0.5) is 10.1 Å². The molecule has 32 heavy (non-hydrogen) atoms. The average Bonchev–Trinajstić information content (AvgIpc) is 3.50. The lowest BCUT2D eigenvalue weighted by Gasteiger charge is -2.08. The van der Waals surface area contributed by atoms with E-state index >= 15 is 0 Å². The van der Waals surface area contributed by atoms with Crippen molar-refractivity contribution < 1.29 is 9.59 Å². The Morgan fingerprint density at radius 1 is 0.750 bits per heavy atom. The van der Waals surface area contributed by atoms with Crippen molar-refractivity contribution in [2.24, 2.45) is 0 Å². The number of hydrogen-bond donors (Lipinski definition) is 2. The lowest BCUT2D eigenvalue weighted by atomic mass is 10.0. The number of aromatic nitrogens is 1. The van der Waals surface area contributed by atoms with Crippen molar-refractivity contribution in [3.8, 4) is 11.3 Å². The van der Waals surface area contributed by atoms with Crippen LogP contribution in [-0.2, 0) is 0 Å². The number of hydrogen-bond acceptors (Lipinski definition) is 5. The summed E-state index contributed by atoms with van der Waals surface area (Å²) in [5.41, 5.74) is 2.05. The van der Waals surface area contributed by atoms with E-state index in [0.717, 1.165) is 16.3 Å². The van der Waals surface area contributed by atoms with Crippen molar-refractivity contribution in [3.63, 3.8) is 0 Å². The van der Waals surface area contributed by atoms with Gasteiger partial charge in [0.2, 0.25) is 0 Å². The van der Waals surface area contributed by atoms with Gasteiger partial charge in [-0.3, -0.25) is 14.9 Å². The predicted octanol–water partition coefficient (Wildman–Crippen LogP) is 6.53. The number of thiophene rings is 1. The van der Waals surface area contributed by atoms with Gasteiger partial charge in [-0.1, -0.05) is 84.1 Å². The highest BCUT2D eigenvalue weighted by Crippen LogP contribution is 2.36. The number of benzene rings is 3. The number of fused-ring (bicyclic) bond motifs is 1. The summed E-state index contributed by atoms with van der Waals surface area (Å²) in [4.78, 5) is 30.9. The monoisotopic (exact) mass is 455 g/mol. The van der Waals surface area contributed by atoms with E-state index in [1.807, 2.05) is 78.2 Å². The van der Waals surface area contributed by atoms with Crippen molar-refractivity contribution in [1.82, 2.24) is 4.98 Å². The predicted molar refractivity (Wildman–Crippen MR) is 132 cm³/mol. The smallest absolute Gasteiger partial charge is 0.267 e.